The van der Waals surface area contributed by atoms with Gasteiger partial charge in [-0.3, -0.25) is 4.79 Å². The lowest BCUT2D eigenvalue weighted by Gasteiger charge is -2.23. The van der Waals surface area contributed by atoms with Crippen LogP contribution >= 0.6 is 0 Å². The Labute approximate surface area is 104 Å². The zero-order valence-corrected chi connectivity index (χ0v) is 10.5. The highest BCUT2D eigenvalue weighted by molar-refractivity contribution is 5.76. The molecule has 0 aromatic rings. The molecule has 3 N–H and O–H groups in total. The Morgan fingerprint density at radius 2 is 2.06 bits per heavy atom. The third kappa shape index (κ3) is 2.49. The van der Waals surface area contributed by atoms with E-state index in [0.717, 1.165) is 18.3 Å². The summed E-state index contributed by atoms with van der Waals surface area (Å²) in [5, 5.41) is 3.15. The molecule has 0 radical (unpaired) electrons. The van der Waals surface area contributed by atoms with E-state index in [4.69, 9.17) is 5.73 Å². The number of fused-ring (bicyclic) bond motifs is 2. The first kappa shape index (κ1) is 11.5. The average Bonchev–Trinajstić information content (AvgIpc) is 2.96. The van der Waals surface area contributed by atoms with E-state index in [9.17, 15) is 4.79 Å². The first-order valence-electron chi connectivity index (χ1n) is 7.25. The fourth-order valence-electron chi connectivity index (χ4n) is 4.00. The largest absolute Gasteiger partial charge is 0.352 e. The Hall–Kier alpha value is -0.570. The zero-order chi connectivity index (χ0) is 11.8. The van der Waals surface area contributed by atoms with Gasteiger partial charge in [-0.2, -0.15) is 0 Å². The van der Waals surface area contributed by atoms with Gasteiger partial charge in [0.05, 0.1) is 0 Å². The molecule has 0 aromatic heterocycles. The minimum atomic E-state index is 0.251. The topological polar surface area (TPSA) is 55.1 Å². The molecule has 0 aromatic carbocycles. The van der Waals surface area contributed by atoms with E-state index < -0.39 is 0 Å². The quantitative estimate of drug-likeness (QED) is 0.763. The van der Waals surface area contributed by atoms with Gasteiger partial charge in [-0.25, -0.2) is 0 Å². The van der Waals surface area contributed by atoms with Gasteiger partial charge in [0.1, 0.15) is 0 Å². The van der Waals surface area contributed by atoms with Crippen molar-refractivity contribution in [2.24, 2.45) is 29.4 Å². The molecule has 0 aliphatic heterocycles. The van der Waals surface area contributed by atoms with Gasteiger partial charge in [0.25, 0.3) is 0 Å². The van der Waals surface area contributed by atoms with Gasteiger partial charge in [0.15, 0.2) is 0 Å². The number of rotatable bonds is 5. The van der Waals surface area contributed by atoms with Gasteiger partial charge < -0.3 is 11.1 Å². The summed E-state index contributed by atoms with van der Waals surface area (Å²) in [6, 6.07) is 0.251. The van der Waals surface area contributed by atoms with Crippen molar-refractivity contribution in [3.63, 3.8) is 0 Å². The Kier molecular flexibility index (Phi) is 3.12. The third-order valence-corrected chi connectivity index (χ3v) is 5.12. The van der Waals surface area contributed by atoms with E-state index in [1.807, 2.05) is 0 Å². The van der Waals surface area contributed by atoms with Gasteiger partial charge >= 0.3 is 0 Å². The first-order chi connectivity index (χ1) is 8.26. The molecule has 96 valence electrons. The molecule has 3 nitrogen and oxygen atoms in total. The molecule has 0 heterocycles. The molecule has 0 spiro atoms. The number of carbonyl (C=O) groups is 1. The van der Waals surface area contributed by atoms with Crippen LogP contribution in [0.25, 0.3) is 0 Å². The monoisotopic (exact) mass is 236 g/mol. The van der Waals surface area contributed by atoms with Crippen molar-refractivity contribution < 1.29 is 4.79 Å². The van der Waals surface area contributed by atoms with Gasteiger partial charge in [-0.05, 0) is 55.8 Å². The lowest BCUT2D eigenvalue weighted by molar-refractivity contribution is -0.123. The fraction of sp³-hybridized carbons (Fsp3) is 0.929. The van der Waals surface area contributed by atoms with Crippen molar-refractivity contribution in [3.8, 4) is 0 Å². The zero-order valence-electron chi connectivity index (χ0n) is 10.5. The minimum Gasteiger partial charge on any atom is -0.352 e. The van der Waals surface area contributed by atoms with Gasteiger partial charge in [0.2, 0.25) is 5.91 Å². The van der Waals surface area contributed by atoms with Crippen LogP contribution in [-0.2, 0) is 4.79 Å². The molecule has 3 rings (SSSR count). The van der Waals surface area contributed by atoms with Gasteiger partial charge in [-0.1, -0.05) is 6.42 Å². The molecule has 3 aliphatic rings. The number of nitrogens with two attached hydrogens (primary N) is 1. The molecule has 3 saturated carbocycles. The highest BCUT2D eigenvalue weighted by Gasteiger charge is 2.40. The molecule has 4 unspecified atom stereocenters. The smallest absolute Gasteiger partial charge is 0.220 e. The second-order valence-corrected chi connectivity index (χ2v) is 6.39. The predicted octanol–water partition coefficient (Wildman–Crippen LogP) is 1.67. The maximum Gasteiger partial charge on any atom is 0.220 e. The Morgan fingerprint density at radius 1 is 1.24 bits per heavy atom. The fourth-order valence-corrected chi connectivity index (χ4v) is 4.00. The summed E-state index contributed by atoms with van der Waals surface area (Å²) < 4.78 is 0. The summed E-state index contributed by atoms with van der Waals surface area (Å²) in [6.45, 7) is 0.604. The average molecular weight is 236 g/mol. The van der Waals surface area contributed by atoms with Gasteiger partial charge in [-0.15, -0.1) is 0 Å². The van der Waals surface area contributed by atoms with Crippen LogP contribution in [0, 0.1) is 23.7 Å². The molecular weight excluding hydrogens is 212 g/mol. The summed E-state index contributed by atoms with van der Waals surface area (Å²) in [5.74, 6) is 3.38. The number of hydrogen-bond donors (Lipinski definition) is 2. The van der Waals surface area contributed by atoms with E-state index in [1.165, 1.54) is 38.5 Å². The summed E-state index contributed by atoms with van der Waals surface area (Å²) in [7, 11) is 0. The van der Waals surface area contributed by atoms with Crippen LogP contribution in [0.2, 0.25) is 0 Å². The second kappa shape index (κ2) is 4.60. The third-order valence-electron chi connectivity index (χ3n) is 5.12. The van der Waals surface area contributed by atoms with E-state index in [1.54, 1.807) is 0 Å². The van der Waals surface area contributed by atoms with Crippen LogP contribution in [0.3, 0.4) is 0 Å². The highest BCUT2D eigenvalue weighted by Crippen LogP contribution is 2.49. The van der Waals surface area contributed by atoms with Crippen molar-refractivity contribution in [2.45, 2.75) is 51.0 Å². The van der Waals surface area contributed by atoms with Crippen LogP contribution < -0.4 is 11.1 Å². The number of amides is 1. The lowest BCUT2D eigenvalue weighted by Crippen LogP contribution is -2.42. The van der Waals surface area contributed by atoms with Crippen LogP contribution in [0.15, 0.2) is 0 Å². The maximum absolute atomic E-state index is 12.0. The Balaban J connectivity index is 1.46. The molecular formula is C14H24N2O. The number of carbonyl (C=O) groups excluding carboxylic acids is 1. The SMILES string of the molecule is NCC(NC(=O)CC1CC2CCC1C2)C1CC1. The molecule has 1 amide bonds. The van der Waals surface area contributed by atoms with Crippen LogP contribution in [0.1, 0.15) is 44.9 Å². The molecule has 17 heavy (non-hydrogen) atoms. The van der Waals surface area contributed by atoms with Gasteiger partial charge in [0, 0.05) is 19.0 Å². The summed E-state index contributed by atoms with van der Waals surface area (Å²) in [6.07, 6.45) is 8.72. The minimum absolute atomic E-state index is 0.251. The van der Waals surface area contributed by atoms with E-state index in [-0.39, 0.29) is 11.9 Å². The van der Waals surface area contributed by atoms with Crippen molar-refractivity contribution >= 4 is 5.91 Å². The maximum atomic E-state index is 12.0. The molecule has 2 bridgehead atoms. The second-order valence-electron chi connectivity index (χ2n) is 6.39. The predicted molar refractivity (Wildman–Crippen MR) is 67.3 cm³/mol. The van der Waals surface area contributed by atoms with Crippen molar-refractivity contribution in [2.75, 3.05) is 6.54 Å². The molecule has 0 saturated heterocycles. The van der Waals surface area contributed by atoms with Crippen molar-refractivity contribution in [1.29, 1.82) is 0 Å². The molecule has 4 atom stereocenters. The van der Waals surface area contributed by atoms with E-state index in [2.05, 4.69) is 5.32 Å². The lowest BCUT2D eigenvalue weighted by atomic mass is 9.86. The Morgan fingerprint density at radius 3 is 2.59 bits per heavy atom. The highest BCUT2D eigenvalue weighted by atomic mass is 16.1. The first-order valence-corrected chi connectivity index (χ1v) is 7.25. The summed E-state index contributed by atoms with van der Waals surface area (Å²) in [5.41, 5.74) is 5.72. The van der Waals surface area contributed by atoms with Crippen molar-refractivity contribution in [3.05, 3.63) is 0 Å². The number of hydrogen-bond acceptors (Lipinski definition) is 2. The summed E-state index contributed by atoms with van der Waals surface area (Å²) >= 11 is 0. The normalized spacial score (nSPS) is 37.1. The van der Waals surface area contributed by atoms with Crippen LogP contribution in [0.4, 0.5) is 0 Å². The van der Waals surface area contributed by atoms with Crippen molar-refractivity contribution in [1.82, 2.24) is 5.32 Å². The molecule has 3 heteroatoms. The van der Waals surface area contributed by atoms with E-state index >= 15 is 0 Å². The van der Waals surface area contributed by atoms with Crippen LogP contribution in [-0.4, -0.2) is 18.5 Å². The standard InChI is InChI=1S/C14H24N2O/c15-8-13(10-3-4-10)16-14(17)7-12-6-9-1-2-11(12)5-9/h9-13H,1-8,15H2,(H,16,17). The van der Waals surface area contributed by atoms with E-state index in [0.29, 0.717) is 18.4 Å². The molecule has 3 aliphatic carbocycles. The Bertz CT molecular complexity index is 301. The number of nitrogens with one attached hydrogen (secondary N) is 1. The summed E-state index contributed by atoms with van der Waals surface area (Å²) in [4.78, 5) is 12.0. The molecule has 3 fully saturated rings. The van der Waals surface area contributed by atoms with Crippen LogP contribution in [0.5, 0.6) is 0 Å².